The summed E-state index contributed by atoms with van der Waals surface area (Å²) in [6.45, 7) is 3.77. The minimum atomic E-state index is -0.824. The van der Waals surface area contributed by atoms with Gasteiger partial charge in [0.1, 0.15) is 10.5 Å². The zero-order chi connectivity index (χ0) is 14.9. The van der Waals surface area contributed by atoms with Gasteiger partial charge in [0.15, 0.2) is 0 Å². The number of hydrogen-bond donors (Lipinski definition) is 2. The molecule has 6 heteroatoms. The van der Waals surface area contributed by atoms with E-state index < -0.39 is 5.54 Å². The van der Waals surface area contributed by atoms with Crippen molar-refractivity contribution in [3.63, 3.8) is 0 Å². The number of hydrogen-bond acceptors (Lipinski definition) is 3. The fourth-order valence-corrected chi connectivity index (χ4v) is 2.40. The maximum atomic E-state index is 12.3. The maximum absolute atomic E-state index is 12.3. The molecule has 1 aliphatic rings. The molecule has 0 radical (unpaired) electrons. The number of benzene rings is 1. The normalized spacial score (nSPS) is 22.0. The Balaban J connectivity index is 2.30. The fraction of sp³-hybridized carbons (Fsp3) is 0.357. The third-order valence-corrected chi connectivity index (χ3v) is 3.88. The van der Waals surface area contributed by atoms with Crippen molar-refractivity contribution in [2.75, 3.05) is 0 Å². The summed E-state index contributed by atoms with van der Waals surface area (Å²) in [7, 11) is 0. The van der Waals surface area contributed by atoms with Gasteiger partial charge in [0, 0.05) is 5.56 Å². The molecular formula is C14H17N3O2S. The van der Waals surface area contributed by atoms with E-state index in [4.69, 9.17) is 18.0 Å². The quantitative estimate of drug-likeness (QED) is 0.652. The summed E-state index contributed by atoms with van der Waals surface area (Å²) >= 11 is 4.99. The van der Waals surface area contributed by atoms with Crippen LogP contribution in [0.5, 0.6) is 0 Å². The molecule has 3 amide bonds. The van der Waals surface area contributed by atoms with E-state index in [1.165, 1.54) is 4.90 Å². The molecule has 0 saturated carbocycles. The van der Waals surface area contributed by atoms with Crippen molar-refractivity contribution >= 4 is 29.1 Å². The highest BCUT2D eigenvalue weighted by Crippen LogP contribution is 2.23. The van der Waals surface area contributed by atoms with Crippen LogP contribution in [0, 0.1) is 0 Å². The van der Waals surface area contributed by atoms with Crippen LogP contribution >= 0.6 is 12.2 Å². The lowest BCUT2D eigenvalue weighted by molar-refractivity contribution is -0.131. The van der Waals surface area contributed by atoms with Gasteiger partial charge in [-0.05, 0) is 18.9 Å². The molecule has 1 unspecified atom stereocenters. The number of carbonyl (C=O) groups excluding carboxylic acids is 2. The Kier molecular flexibility index (Phi) is 3.76. The number of carbonyl (C=O) groups is 2. The lowest BCUT2D eigenvalue weighted by Gasteiger charge is -2.20. The molecule has 1 heterocycles. The molecule has 1 aromatic rings. The molecular weight excluding hydrogens is 274 g/mol. The van der Waals surface area contributed by atoms with E-state index >= 15 is 0 Å². The van der Waals surface area contributed by atoms with E-state index in [9.17, 15) is 9.59 Å². The van der Waals surface area contributed by atoms with Crippen LogP contribution in [0.1, 0.15) is 31.4 Å². The molecule has 20 heavy (non-hydrogen) atoms. The van der Waals surface area contributed by atoms with Gasteiger partial charge in [-0.1, -0.05) is 43.4 Å². The molecule has 0 aromatic heterocycles. The second kappa shape index (κ2) is 5.20. The van der Waals surface area contributed by atoms with Crippen molar-refractivity contribution in [3.8, 4) is 0 Å². The second-order valence-corrected chi connectivity index (χ2v) is 5.47. The summed E-state index contributed by atoms with van der Waals surface area (Å²) in [5, 5.41) is 2.72. The predicted octanol–water partition coefficient (Wildman–Crippen LogP) is 1.54. The first-order chi connectivity index (χ1) is 9.39. The first-order valence-electron chi connectivity index (χ1n) is 6.41. The number of nitrogens with one attached hydrogen (secondary N) is 1. The summed E-state index contributed by atoms with van der Waals surface area (Å²) in [6, 6.07) is 6.87. The number of nitrogens with zero attached hydrogens (tertiary/aromatic N) is 1. The van der Waals surface area contributed by atoms with E-state index in [-0.39, 0.29) is 23.5 Å². The van der Waals surface area contributed by atoms with E-state index in [1.54, 1.807) is 13.0 Å². The number of rotatable bonds is 4. The molecule has 1 atom stereocenters. The van der Waals surface area contributed by atoms with Gasteiger partial charge in [-0.3, -0.25) is 9.69 Å². The van der Waals surface area contributed by atoms with Crippen molar-refractivity contribution in [1.29, 1.82) is 0 Å². The minimum Gasteiger partial charge on any atom is -0.389 e. The summed E-state index contributed by atoms with van der Waals surface area (Å²) in [5.41, 5.74) is 6.30. The van der Waals surface area contributed by atoms with Crippen LogP contribution in [-0.2, 0) is 11.3 Å². The highest BCUT2D eigenvalue weighted by atomic mass is 32.1. The largest absolute Gasteiger partial charge is 0.389 e. The van der Waals surface area contributed by atoms with Crippen molar-refractivity contribution in [1.82, 2.24) is 10.2 Å². The molecule has 0 spiro atoms. The van der Waals surface area contributed by atoms with Crippen LogP contribution in [0.2, 0.25) is 0 Å². The van der Waals surface area contributed by atoms with Gasteiger partial charge in [-0.2, -0.15) is 0 Å². The first-order valence-corrected chi connectivity index (χ1v) is 6.81. The Morgan fingerprint density at radius 3 is 2.60 bits per heavy atom. The van der Waals surface area contributed by atoms with Crippen LogP contribution in [0.15, 0.2) is 24.3 Å². The molecule has 1 saturated heterocycles. The van der Waals surface area contributed by atoms with Gasteiger partial charge in [0.25, 0.3) is 5.91 Å². The molecule has 1 aliphatic heterocycles. The van der Waals surface area contributed by atoms with Crippen molar-refractivity contribution < 1.29 is 9.59 Å². The summed E-state index contributed by atoms with van der Waals surface area (Å²) < 4.78 is 0. The molecule has 1 fully saturated rings. The van der Waals surface area contributed by atoms with Gasteiger partial charge in [0.2, 0.25) is 0 Å². The zero-order valence-corrected chi connectivity index (χ0v) is 12.3. The topological polar surface area (TPSA) is 75.4 Å². The third kappa shape index (κ3) is 2.38. The second-order valence-electron chi connectivity index (χ2n) is 5.03. The van der Waals surface area contributed by atoms with Crippen molar-refractivity contribution in [3.05, 3.63) is 35.4 Å². The lowest BCUT2D eigenvalue weighted by Crippen LogP contribution is -2.43. The average molecular weight is 291 g/mol. The maximum Gasteiger partial charge on any atom is 0.325 e. The van der Waals surface area contributed by atoms with Crippen LogP contribution in [-0.4, -0.2) is 27.4 Å². The average Bonchev–Trinajstić information content (AvgIpc) is 2.63. The van der Waals surface area contributed by atoms with Gasteiger partial charge < -0.3 is 11.1 Å². The highest BCUT2D eigenvalue weighted by Gasteiger charge is 2.46. The van der Waals surface area contributed by atoms with Gasteiger partial charge in [-0.15, -0.1) is 0 Å². The Morgan fingerprint density at radius 2 is 2.05 bits per heavy atom. The number of amides is 3. The SMILES string of the molecule is CCC1(C)NC(=O)N(Cc2ccccc2C(N)=S)C1=O. The minimum absolute atomic E-state index is 0.174. The monoisotopic (exact) mass is 291 g/mol. The lowest BCUT2D eigenvalue weighted by atomic mass is 9.99. The predicted molar refractivity (Wildman–Crippen MR) is 80.1 cm³/mol. The molecule has 1 aromatic carbocycles. The van der Waals surface area contributed by atoms with Gasteiger partial charge in [0.05, 0.1) is 6.54 Å². The molecule has 3 N–H and O–H groups in total. The Labute approximate surface area is 123 Å². The van der Waals surface area contributed by atoms with Gasteiger partial charge >= 0.3 is 6.03 Å². The number of imide groups is 1. The van der Waals surface area contributed by atoms with Crippen LogP contribution < -0.4 is 11.1 Å². The number of urea groups is 1. The number of nitrogens with two attached hydrogens (primary N) is 1. The first kappa shape index (κ1) is 14.5. The van der Waals surface area contributed by atoms with E-state index in [0.717, 1.165) is 5.56 Å². The van der Waals surface area contributed by atoms with Crippen LogP contribution in [0.3, 0.4) is 0 Å². The molecule has 2 rings (SSSR count). The summed E-state index contributed by atoms with van der Waals surface area (Å²) in [4.78, 5) is 25.8. The van der Waals surface area contributed by atoms with Crippen molar-refractivity contribution in [2.45, 2.75) is 32.4 Å². The molecule has 106 valence electrons. The van der Waals surface area contributed by atoms with Gasteiger partial charge in [-0.25, -0.2) is 4.79 Å². The van der Waals surface area contributed by atoms with E-state index in [2.05, 4.69) is 5.32 Å². The zero-order valence-electron chi connectivity index (χ0n) is 11.5. The molecule has 0 bridgehead atoms. The number of thiocarbonyl (C=S) groups is 1. The van der Waals surface area contributed by atoms with E-state index in [1.807, 2.05) is 25.1 Å². The highest BCUT2D eigenvalue weighted by molar-refractivity contribution is 7.80. The van der Waals surface area contributed by atoms with Crippen LogP contribution in [0.25, 0.3) is 0 Å². The Hall–Kier alpha value is -1.95. The summed E-state index contributed by atoms with van der Waals surface area (Å²) in [5.74, 6) is -0.220. The summed E-state index contributed by atoms with van der Waals surface area (Å²) in [6.07, 6.45) is 0.547. The Morgan fingerprint density at radius 1 is 1.40 bits per heavy atom. The fourth-order valence-electron chi connectivity index (χ4n) is 2.20. The standard InChI is InChI=1S/C14H17N3O2S/c1-3-14(2)12(18)17(13(19)16-14)8-9-6-4-5-7-10(9)11(15)20/h4-7H,3,8H2,1-2H3,(H2,15,20)(H,16,19). The van der Waals surface area contributed by atoms with Crippen molar-refractivity contribution in [2.24, 2.45) is 5.73 Å². The smallest absolute Gasteiger partial charge is 0.325 e. The van der Waals surface area contributed by atoms with Crippen LogP contribution in [0.4, 0.5) is 4.79 Å². The van der Waals surface area contributed by atoms with E-state index in [0.29, 0.717) is 12.0 Å². The Bertz CT molecular complexity index is 588. The molecule has 0 aliphatic carbocycles. The molecule has 5 nitrogen and oxygen atoms in total. The third-order valence-electron chi connectivity index (χ3n) is 3.66.